The Kier molecular flexibility index (Phi) is 4.35. The molecule has 0 amide bonds. The van der Waals surface area contributed by atoms with Crippen LogP contribution in [0.15, 0.2) is 21.6 Å². The van der Waals surface area contributed by atoms with Crippen molar-refractivity contribution in [3.05, 3.63) is 17.9 Å². The van der Waals surface area contributed by atoms with Crippen molar-refractivity contribution in [2.45, 2.75) is 11.6 Å². The van der Waals surface area contributed by atoms with Gasteiger partial charge < -0.3 is 15.1 Å². The van der Waals surface area contributed by atoms with E-state index in [2.05, 4.69) is 4.90 Å². The van der Waals surface area contributed by atoms with Crippen molar-refractivity contribution in [3.63, 3.8) is 0 Å². The molecule has 2 N–H and O–H groups in total. The second-order valence-corrected chi connectivity index (χ2v) is 4.19. The number of hydrogen-bond acceptors (Lipinski definition) is 4. The lowest BCUT2D eigenvalue weighted by atomic mass is 10.4. The van der Waals surface area contributed by atoms with Crippen LogP contribution in [0.3, 0.4) is 0 Å². The van der Waals surface area contributed by atoms with Crippen LogP contribution < -0.4 is 5.73 Å². The molecule has 4 heteroatoms. The fourth-order valence-corrected chi connectivity index (χ4v) is 1.64. The van der Waals surface area contributed by atoms with E-state index in [9.17, 15) is 0 Å². The molecule has 0 fully saturated rings. The molecule has 74 valence electrons. The van der Waals surface area contributed by atoms with E-state index in [0.717, 1.165) is 23.2 Å². The lowest BCUT2D eigenvalue weighted by Gasteiger charge is -2.05. The molecule has 1 aromatic rings. The van der Waals surface area contributed by atoms with Crippen molar-refractivity contribution in [2.24, 2.45) is 5.73 Å². The van der Waals surface area contributed by atoms with Crippen LogP contribution in [0.4, 0.5) is 0 Å². The molecule has 1 heterocycles. The zero-order valence-corrected chi connectivity index (χ0v) is 8.93. The Morgan fingerprint density at radius 1 is 1.46 bits per heavy atom. The average molecular weight is 200 g/mol. The number of furan rings is 1. The highest BCUT2D eigenvalue weighted by molar-refractivity contribution is 7.99. The quantitative estimate of drug-likeness (QED) is 0.729. The van der Waals surface area contributed by atoms with Crippen molar-refractivity contribution in [1.29, 1.82) is 0 Å². The number of rotatable bonds is 5. The Bertz CT molecular complexity index is 248. The maximum Gasteiger partial charge on any atom is 0.160 e. The fraction of sp³-hybridized carbons (Fsp3) is 0.556. The summed E-state index contributed by atoms with van der Waals surface area (Å²) in [6.07, 6.45) is 0. The van der Waals surface area contributed by atoms with Gasteiger partial charge >= 0.3 is 0 Å². The van der Waals surface area contributed by atoms with E-state index >= 15 is 0 Å². The number of nitrogens with zero attached hydrogens (tertiary/aromatic N) is 1. The van der Waals surface area contributed by atoms with Gasteiger partial charge in [-0.2, -0.15) is 0 Å². The Balaban J connectivity index is 2.44. The summed E-state index contributed by atoms with van der Waals surface area (Å²) in [7, 11) is 4.05. The lowest BCUT2D eigenvalue weighted by molar-refractivity contribution is 0.329. The smallest absolute Gasteiger partial charge is 0.160 e. The molecule has 0 aromatic carbocycles. The highest BCUT2D eigenvalue weighted by atomic mass is 32.2. The molecule has 0 aliphatic heterocycles. The summed E-state index contributed by atoms with van der Waals surface area (Å²) in [5, 5.41) is 0.960. The Hall–Kier alpha value is -0.450. The number of nitrogens with two attached hydrogens (primary N) is 1. The predicted octanol–water partition coefficient (Wildman–Crippen LogP) is 1.39. The van der Waals surface area contributed by atoms with Gasteiger partial charge in [0, 0.05) is 12.3 Å². The van der Waals surface area contributed by atoms with E-state index in [1.807, 2.05) is 26.2 Å². The Morgan fingerprint density at radius 3 is 2.85 bits per heavy atom. The summed E-state index contributed by atoms with van der Waals surface area (Å²) in [5.41, 5.74) is 5.39. The molecule has 0 saturated heterocycles. The Morgan fingerprint density at radius 2 is 2.23 bits per heavy atom. The monoisotopic (exact) mass is 200 g/mol. The van der Waals surface area contributed by atoms with Crippen LogP contribution in [0.25, 0.3) is 0 Å². The molecule has 0 unspecified atom stereocenters. The summed E-state index contributed by atoms with van der Waals surface area (Å²) >= 11 is 1.66. The maximum absolute atomic E-state index is 5.56. The van der Waals surface area contributed by atoms with E-state index in [1.165, 1.54) is 0 Å². The van der Waals surface area contributed by atoms with Crippen LogP contribution in [-0.4, -0.2) is 31.3 Å². The van der Waals surface area contributed by atoms with Gasteiger partial charge in [0.25, 0.3) is 0 Å². The van der Waals surface area contributed by atoms with E-state index in [1.54, 1.807) is 11.8 Å². The molecular formula is C9H16N2OS. The summed E-state index contributed by atoms with van der Waals surface area (Å²) < 4.78 is 5.56. The van der Waals surface area contributed by atoms with Gasteiger partial charge in [0.1, 0.15) is 5.76 Å². The minimum atomic E-state index is 0.689. The topological polar surface area (TPSA) is 42.4 Å². The van der Waals surface area contributed by atoms with Crippen LogP contribution in [0.1, 0.15) is 5.76 Å². The molecule has 1 rings (SSSR count). The first kappa shape index (κ1) is 10.6. The summed E-state index contributed by atoms with van der Waals surface area (Å²) in [4.78, 5) is 2.08. The minimum absolute atomic E-state index is 0.689. The van der Waals surface area contributed by atoms with Crippen molar-refractivity contribution in [2.75, 3.05) is 26.4 Å². The van der Waals surface area contributed by atoms with Gasteiger partial charge in [-0.15, -0.1) is 0 Å². The highest BCUT2D eigenvalue weighted by Gasteiger charge is 2.02. The van der Waals surface area contributed by atoms with Crippen molar-refractivity contribution < 1.29 is 4.42 Å². The molecule has 3 nitrogen and oxygen atoms in total. The first-order chi connectivity index (χ1) is 6.22. The number of hydrogen-bond donors (Lipinski definition) is 1. The van der Waals surface area contributed by atoms with E-state index < -0.39 is 0 Å². The molecular weight excluding hydrogens is 184 g/mol. The summed E-state index contributed by atoms with van der Waals surface area (Å²) in [6, 6.07) is 4.01. The van der Waals surface area contributed by atoms with Crippen LogP contribution in [0.2, 0.25) is 0 Å². The Labute approximate surface area is 83.3 Å². The second-order valence-electron chi connectivity index (χ2n) is 3.10. The average Bonchev–Trinajstić information content (AvgIpc) is 2.48. The molecule has 0 bridgehead atoms. The third-order valence-corrected chi connectivity index (χ3v) is 2.41. The van der Waals surface area contributed by atoms with Crippen molar-refractivity contribution in [1.82, 2.24) is 4.90 Å². The van der Waals surface area contributed by atoms with Crippen LogP contribution in [-0.2, 0) is 6.54 Å². The maximum atomic E-state index is 5.56. The van der Waals surface area contributed by atoms with Gasteiger partial charge in [-0.3, -0.25) is 0 Å². The summed E-state index contributed by atoms with van der Waals surface area (Å²) in [5.74, 6) is 1.92. The second kappa shape index (κ2) is 5.32. The van der Waals surface area contributed by atoms with Gasteiger partial charge in [0.2, 0.25) is 0 Å². The highest BCUT2D eigenvalue weighted by Crippen LogP contribution is 2.20. The standard InChI is InChI=1S/C9H16N2OS/c1-11(2)7-8-3-4-9(12-8)13-6-5-10/h3-4H,5-7,10H2,1-2H3. The van der Waals surface area contributed by atoms with E-state index in [4.69, 9.17) is 10.2 Å². The van der Waals surface area contributed by atoms with Gasteiger partial charge in [0.05, 0.1) is 6.54 Å². The third kappa shape index (κ3) is 3.85. The van der Waals surface area contributed by atoms with Crippen LogP contribution >= 0.6 is 11.8 Å². The number of thioether (sulfide) groups is 1. The van der Waals surface area contributed by atoms with Crippen LogP contribution in [0.5, 0.6) is 0 Å². The normalized spacial score (nSPS) is 11.1. The molecule has 0 saturated carbocycles. The molecule has 0 spiro atoms. The molecule has 0 aliphatic rings. The molecule has 0 radical (unpaired) electrons. The van der Waals surface area contributed by atoms with E-state index in [-0.39, 0.29) is 0 Å². The van der Waals surface area contributed by atoms with Gasteiger partial charge in [-0.05, 0) is 26.2 Å². The van der Waals surface area contributed by atoms with Gasteiger partial charge in [0.15, 0.2) is 5.09 Å². The first-order valence-corrected chi connectivity index (χ1v) is 5.27. The van der Waals surface area contributed by atoms with Gasteiger partial charge in [-0.25, -0.2) is 0 Å². The molecule has 0 aliphatic carbocycles. The lowest BCUT2D eigenvalue weighted by Crippen LogP contribution is -2.09. The minimum Gasteiger partial charge on any atom is -0.454 e. The van der Waals surface area contributed by atoms with Crippen molar-refractivity contribution >= 4 is 11.8 Å². The first-order valence-electron chi connectivity index (χ1n) is 4.28. The predicted molar refractivity (Wildman–Crippen MR) is 55.9 cm³/mol. The van der Waals surface area contributed by atoms with E-state index in [0.29, 0.717) is 6.54 Å². The SMILES string of the molecule is CN(C)Cc1ccc(SCCN)o1. The largest absolute Gasteiger partial charge is 0.454 e. The van der Waals surface area contributed by atoms with Crippen molar-refractivity contribution in [3.8, 4) is 0 Å². The third-order valence-electron chi connectivity index (χ3n) is 1.47. The molecule has 0 atom stereocenters. The van der Waals surface area contributed by atoms with Crippen LogP contribution in [0, 0.1) is 0 Å². The summed E-state index contributed by atoms with van der Waals surface area (Å²) in [6.45, 7) is 1.54. The fourth-order valence-electron chi connectivity index (χ4n) is 0.992. The molecule has 13 heavy (non-hydrogen) atoms. The van der Waals surface area contributed by atoms with Gasteiger partial charge in [-0.1, -0.05) is 11.8 Å². The zero-order chi connectivity index (χ0) is 9.68. The zero-order valence-electron chi connectivity index (χ0n) is 8.12. The molecule has 1 aromatic heterocycles.